The summed E-state index contributed by atoms with van der Waals surface area (Å²) in [6.45, 7) is 9.51. The number of allylic oxidation sites excluding steroid dienone is 1. The number of cyclic esters (lactones) is 1. The van der Waals surface area contributed by atoms with Crippen LogP contribution in [0.2, 0.25) is 0 Å². The van der Waals surface area contributed by atoms with Crippen LogP contribution in [0, 0.1) is 17.0 Å². The van der Waals surface area contributed by atoms with Gasteiger partial charge in [-0.15, -0.1) is 5.10 Å². The lowest BCUT2D eigenvalue weighted by Gasteiger charge is -2.38. The van der Waals surface area contributed by atoms with Crippen molar-refractivity contribution < 1.29 is 23.1 Å². The molecule has 1 aliphatic heterocycles. The van der Waals surface area contributed by atoms with Crippen molar-refractivity contribution in [3.63, 3.8) is 0 Å². The average Bonchev–Trinajstić information content (AvgIpc) is 3.44. The Morgan fingerprint density at radius 2 is 2.00 bits per heavy atom. The van der Waals surface area contributed by atoms with Gasteiger partial charge in [-0.25, -0.2) is 13.8 Å². The second kappa shape index (κ2) is 8.93. The number of ether oxygens (including phenoxy) is 1. The number of nitrogens with zero attached hydrogens (tertiary/aromatic N) is 4. The molecule has 2 heterocycles. The molecular formula is C27H27F2N5O3. The third-order valence-corrected chi connectivity index (χ3v) is 8.06. The van der Waals surface area contributed by atoms with E-state index in [1.54, 1.807) is 13.0 Å². The van der Waals surface area contributed by atoms with Crippen molar-refractivity contribution >= 4 is 24.3 Å². The molecule has 5 rings (SSSR count). The van der Waals surface area contributed by atoms with Crippen molar-refractivity contribution in [2.45, 2.75) is 57.4 Å². The number of hydrogen-bond donors (Lipinski definition) is 1. The van der Waals surface area contributed by atoms with Gasteiger partial charge in [0.2, 0.25) is 0 Å². The van der Waals surface area contributed by atoms with E-state index in [4.69, 9.17) is 9.73 Å². The fraction of sp³-hybridized carbons (Fsp3) is 0.407. The van der Waals surface area contributed by atoms with E-state index in [0.717, 1.165) is 12.0 Å². The van der Waals surface area contributed by atoms with E-state index in [1.807, 2.05) is 0 Å². The van der Waals surface area contributed by atoms with Crippen LogP contribution >= 0.6 is 0 Å². The Hall–Kier alpha value is -3.82. The summed E-state index contributed by atoms with van der Waals surface area (Å²) in [5.41, 5.74) is 1.01. The number of amides is 1. The lowest BCUT2D eigenvalue weighted by Crippen LogP contribution is -2.40. The van der Waals surface area contributed by atoms with Crippen molar-refractivity contribution in [2.24, 2.45) is 15.4 Å². The van der Waals surface area contributed by atoms with Gasteiger partial charge < -0.3 is 10.1 Å². The van der Waals surface area contributed by atoms with E-state index in [-0.39, 0.29) is 41.9 Å². The molecule has 37 heavy (non-hydrogen) atoms. The molecule has 192 valence electrons. The first kappa shape index (κ1) is 24.9. The van der Waals surface area contributed by atoms with E-state index in [9.17, 15) is 18.4 Å². The summed E-state index contributed by atoms with van der Waals surface area (Å²) in [7, 11) is 0. The molecule has 8 nitrogen and oxygen atoms in total. The van der Waals surface area contributed by atoms with Gasteiger partial charge in [0.15, 0.2) is 0 Å². The Morgan fingerprint density at radius 1 is 1.27 bits per heavy atom. The standard InChI is InChI=1S/C27H27F2N5O3/c1-14(25(36)32-15-10-22(35)37-13-15)31-21(12-30-4)27-9-8-17(26(27,2)3)16-11-20(33-34-24(16)27)23-18(28)6-5-7-19(23)29/h5-7,11-12,15,17H,4,8-10,13H2,1-3H3,(H,32,36)/b21-12-,31-14?/t15-,17-,27-/m0/s1. The van der Waals surface area contributed by atoms with E-state index in [1.165, 1.54) is 24.4 Å². The van der Waals surface area contributed by atoms with Crippen LogP contribution in [-0.2, 0) is 19.7 Å². The molecule has 2 aromatic rings. The van der Waals surface area contributed by atoms with Crippen LogP contribution in [-0.4, -0.2) is 47.2 Å². The quantitative estimate of drug-likeness (QED) is 0.470. The molecule has 1 aromatic heterocycles. The zero-order valence-electron chi connectivity index (χ0n) is 20.8. The summed E-state index contributed by atoms with van der Waals surface area (Å²) < 4.78 is 33.9. The van der Waals surface area contributed by atoms with Gasteiger partial charge in [-0.05, 0) is 61.6 Å². The van der Waals surface area contributed by atoms with Crippen molar-refractivity contribution in [2.75, 3.05) is 6.61 Å². The highest BCUT2D eigenvalue weighted by molar-refractivity contribution is 6.38. The summed E-state index contributed by atoms with van der Waals surface area (Å²) in [6, 6.07) is 5.00. The number of esters is 1. The number of carbonyl (C=O) groups is 2. The van der Waals surface area contributed by atoms with Crippen molar-refractivity contribution in [1.29, 1.82) is 0 Å². The number of halogens is 2. The highest BCUT2D eigenvalue weighted by Crippen LogP contribution is 2.70. The highest BCUT2D eigenvalue weighted by atomic mass is 19.1. The topological polar surface area (TPSA) is 106 Å². The Morgan fingerprint density at radius 3 is 2.65 bits per heavy atom. The maximum absolute atomic E-state index is 14.5. The molecule has 2 fully saturated rings. The minimum atomic E-state index is -0.735. The van der Waals surface area contributed by atoms with Crippen LogP contribution in [0.15, 0.2) is 46.1 Å². The Labute approximate surface area is 213 Å². The highest BCUT2D eigenvalue weighted by Gasteiger charge is 2.65. The van der Waals surface area contributed by atoms with Crippen LogP contribution in [0.1, 0.15) is 57.2 Å². The molecule has 0 radical (unpaired) electrons. The van der Waals surface area contributed by atoms with E-state index in [0.29, 0.717) is 17.8 Å². The molecule has 0 spiro atoms. The number of aromatic nitrogens is 2. The minimum Gasteiger partial charge on any atom is -0.463 e. The first-order valence-electron chi connectivity index (χ1n) is 12.1. The molecule has 2 aliphatic carbocycles. The molecule has 3 aliphatic rings. The molecule has 0 unspecified atom stereocenters. The number of benzene rings is 1. The van der Waals surface area contributed by atoms with Gasteiger partial charge in [-0.3, -0.25) is 14.6 Å². The Kier molecular flexibility index (Phi) is 6.00. The predicted octanol–water partition coefficient (Wildman–Crippen LogP) is 4.01. The number of fused-ring (bicyclic) bond motifs is 5. The lowest BCUT2D eigenvalue weighted by atomic mass is 9.66. The SMILES string of the molecule is C=N/C=C(\N=C(C)C(=O)N[C@@H]1COC(=O)C1)[C@@]12CC[C@@H](c3cc(-c4c(F)cccc4F)nnc31)C2(C)C. The second-order valence-electron chi connectivity index (χ2n) is 10.3. The van der Waals surface area contributed by atoms with Crippen molar-refractivity contribution in [1.82, 2.24) is 15.5 Å². The first-order valence-corrected chi connectivity index (χ1v) is 12.1. The molecule has 1 amide bonds. The second-order valence-corrected chi connectivity index (χ2v) is 10.3. The van der Waals surface area contributed by atoms with E-state index in [2.05, 4.69) is 41.1 Å². The fourth-order valence-corrected chi connectivity index (χ4v) is 6.20. The summed E-state index contributed by atoms with van der Waals surface area (Å²) in [5, 5.41) is 11.5. The van der Waals surface area contributed by atoms with E-state index >= 15 is 0 Å². The molecule has 2 bridgehead atoms. The summed E-state index contributed by atoms with van der Waals surface area (Å²) in [6.07, 6.45) is 3.12. The molecule has 10 heteroatoms. The third kappa shape index (κ3) is 3.77. The number of hydrogen-bond acceptors (Lipinski definition) is 7. The number of carbonyl (C=O) groups excluding carboxylic acids is 2. The van der Waals surface area contributed by atoms with Gasteiger partial charge in [0.05, 0.1) is 40.5 Å². The molecule has 1 aromatic carbocycles. The Balaban J connectivity index is 1.56. The van der Waals surface area contributed by atoms with Gasteiger partial charge in [-0.1, -0.05) is 19.9 Å². The Bertz CT molecular complexity index is 1370. The van der Waals surface area contributed by atoms with Gasteiger partial charge >= 0.3 is 5.97 Å². The summed E-state index contributed by atoms with van der Waals surface area (Å²) in [5.74, 6) is -2.15. The minimum absolute atomic E-state index is 0.0331. The van der Waals surface area contributed by atoms with Crippen molar-refractivity contribution in [3.05, 3.63) is 59.1 Å². The van der Waals surface area contributed by atoms with Gasteiger partial charge in [-0.2, -0.15) is 5.10 Å². The molecule has 1 N–H and O–H groups in total. The molecular weight excluding hydrogens is 480 g/mol. The summed E-state index contributed by atoms with van der Waals surface area (Å²) >= 11 is 0. The zero-order valence-corrected chi connectivity index (χ0v) is 20.8. The van der Waals surface area contributed by atoms with Gasteiger partial charge in [0.1, 0.15) is 24.0 Å². The zero-order chi connectivity index (χ0) is 26.5. The van der Waals surface area contributed by atoms with E-state index < -0.39 is 34.4 Å². The van der Waals surface area contributed by atoms with Crippen LogP contribution in [0.5, 0.6) is 0 Å². The monoisotopic (exact) mass is 507 g/mol. The fourth-order valence-electron chi connectivity index (χ4n) is 6.20. The van der Waals surface area contributed by atoms with Gasteiger partial charge in [0.25, 0.3) is 5.91 Å². The maximum atomic E-state index is 14.5. The molecule has 1 saturated heterocycles. The van der Waals surface area contributed by atoms with Crippen LogP contribution in [0.25, 0.3) is 11.3 Å². The van der Waals surface area contributed by atoms with Crippen LogP contribution < -0.4 is 5.32 Å². The average molecular weight is 508 g/mol. The predicted molar refractivity (Wildman–Crippen MR) is 133 cm³/mol. The summed E-state index contributed by atoms with van der Waals surface area (Å²) in [4.78, 5) is 32.9. The number of rotatable bonds is 6. The largest absolute Gasteiger partial charge is 0.463 e. The van der Waals surface area contributed by atoms with Crippen molar-refractivity contribution in [3.8, 4) is 11.3 Å². The maximum Gasteiger partial charge on any atom is 0.308 e. The first-order chi connectivity index (χ1) is 17.6. The van der Waals surface area contributed by atoms with Gasteiger partial charge in [0, 0.05) is 6.20 Å². The van der Waals surface area contributed by atoms with Crippen LogP contribution in [0.3, 0.4) is 0 Å². The molecule has 1 saturated carbocycles. The number of aliphatic imine (C=N–C) groups is 2. The molecule has 3 atom stereocenters. The normalized spacial score (nSPS) is 26.1. The van der Waals surface area contributed by atoms with Crippen LogP contribution in [0.4, 0.5) is 8.78 Å². The smallest absolute Gasteiger partial charge is 0.308 e. The lowest BCUT2D eigenvalue weighted by molar-refractivity contribution is -0.138. The third-order valence-electron chi connectivity index (χ3n) is 8.06. The number of nitrogens with one attached hydrogen (secondary N) is 1.